The molecule has 1 fully saturated rings. The van der Waals surface area contributed by atoms with Gasteiger partial charge in [0.05, 0.1) is 12.2 Å². The third kappa shape index (κ3) is 7.26. The number of piperazine rings is 1. The highest BCUT2D eigenvalue weighted by Gasteiger charge is 2.20. The van der Waals surface area contributed by atoms with E-state index < -0.39 is 0 Å². The second-order valence-corrected chi connectivity index (χ2v) is 7.70. The molecule has 6 nitrogen and oxygen atoms in total. The van der Waals surface area contributed by atoms with Crippen LogP contribution in [0.5, 0.6) is 0 Å². The number of nitrogens with zero attached hydrogens (tertiary/aromatic N) is 5. The van der Waals surface area contributed by atoms with Crippen LogP contribution in [0.2, 0.25) is 0 Å². The zero-order valence-corrected chi connectivity index (χ0v) is 19.3. The van der Waals surface area contributed by atoms with E-state index in [2.05, 4.69) is 46.3 Å². The third-order valence-electron chi connectivity index (χ3n) is 3.94. The molecule has 0 aromatic carbocycles. The summed E-state index contributed by atoms with van der Waals surface area (Å²) in [6.45, 7) is 13.7. The summed E-state index contributed by atoms with van der Waals surface area (Å²) in [5.41, 5.74) is 1.04. The van der Waals surface area contributed by atoms with Gasteiger partial charge in [-0.25, -0.2) is 9.98 Å². The van der Waals surface area contributed by atoms with Crippen LogP contribution < -0.4 is 10.2 Å². The normalized spacial score (nSPS) is 16.1. The number of anilines is 1. The summed E-state index contributed by atoms with van der Waals surface area (Å²) < 4.78 is 0. The molecule has 1 aromatic heterocycles. The monoisotopic (exact) mass is 480 g/mol. The van der Waals surface area contributed by atoms with Crippen molar-refractivity contribution in [1.29, 1.82) is 0 Å². The lowest BCUT2D eigenvalue weighted by atomic mass is 10.2. The zero-order valence-electron chi connectivity index (χ0n) is 16.2. The first-order chi connectivity index (χ1) is 11.5. The van der Waals surface area contributed by atoms with Gasteiger partial charge < -0.3 is 15.1 Å². The second-order valence-electron chi connectivity index (χ2n) is 6.87. The Kier molecular flexibility index (Phi) is 10.0. The highest BCUT2D eigenvalue weighted by atomic mass is 127. The van der Waals surface area contributed by atoms with Crippen molar-refractivity contribution in [3.8, 4) is 0 Å². The summed E-state index contributed by atoms with van der Waals surface area (Å²) in [5, 5.41) is 6.57. The third-order valence-corrected chi connectivity index (χ3v) is 5.00. The first kappa shape index (κ1) is 22.4. The van der Waals surface area contributed by atoms with Gasteiger partial charge in [0.25, 0.3) is 0 Å². The maximum atomic E-state index is 4.80. The highest BCUT2D eigenvalue weighted by molar-refractivity contribution is 14.0. The Morgan fingerprint density at radius 2 is 2.00 bits per heavy atom. The quantitative estimate of drug-likeness (QED) is 0.386. The summed E-state index contributed by atoms with van der Waals surface area (Å²) in [6.07, 6.45) is 0. The fourth-order valence-corrected chi connectivity index (χ4v) is 3.56. The SMILES string of the molecule is CCNC(=NCc1csc(N(C)C)n1)N1CCN(CC(C)C)CC1.I. The van der Waals surface area contributed by atoms with Gasteiger partial charge in [-0.3, -0.25) is 4.90 Å². The highest BCUT2D eigenvalue weighted by Crippen LogP contribution is 2.18. The first-order valence-corrected chi connectivity index (χ1v) is 9.75. The molecule has 1 aromatic rings. The summed E-state index contributed by atoms with van der Waals surface area (Å²) in [7, 11) is 4.04. The second kappa shape index (κ2) is 11.2. The molecule has 0 saturated carbocycles. The summed E-state index contributed by atoms with van der Waals surface area (Å²) in [6, 6.07) is 0. The van der Waals surface area contributed by atoms with E-state index in [0.29, 0.717) is 6.54 Å². The van der Waals surface area contributed by atoms with Crippen LogP contribution in [0, 0.1) is 5.92 Å². The van der Waals surface area contributed by atoms with Gasteiger partial charge in [0.1, 0.15) is 0 Å². The molecular formula is C17H33IN6S. The molecule has 1 aliphatic heterocycles. The van der Waals surface area contributed by atoms with Crippen molar-refractivity contribution >= 4 is 46.4 Å². The molecule has 0 bridgehead atoms. The largest absolute Gasteiger partial charge is 0.357 e. The number of rotatable bonds is 6. The van der Waals surface area contributed by atoms with E-state index in [1.807, 2.05) is 19.0 Å². The van der Waals surface area contributed by atoms with Gasteiger partial charge in [-0.1, -0.05) is 13.8 Å². The molecular weight excluding hydrogens is 447 g/mol. The van der Waals surface area contributed by atoms with Crippen molar-refractivity contribution in [2.24, 2.45) is 10.9 Å². The number of halogens is 1. The lowest BCUT2D eigenvalue weighted by Crippen LogP contribution is -2.53. The lowest BCUT2D eigenvalue weighted by Gasteiger charge is -2.37. The minimum Gasteiger partial charge on any atom is -0.357 e. The number of guanidine groups is 1. The summed E-state index contributed by atoms with van der Waals surface area (Å²) in [4.78, 5) is 16.4. The van der Waals surface area contributed by atoms with Crippen molar-refractivity contribution in [3.05, 3.63) is 11.1 Å². The maximum absolute atomic E-state index is 4.80. The molecule has 2 rings (SSSR count). The fourth-order valence-electron chi connectivity index (χ4n) is 2.81. The van der Waals surface area contributed by atoms with E-state index in [-0.39, 0.29) is 24.0 Å². The van der Waals surface area contributed by atoms with E-state index >= 15 is 0 Å². The van der Waals surface area contributed by atoms with E-state index in [9.17, 15) is 0 Å². The van der Waals surface area contributed by atoms with Crippen molar-refractivity contribution in [3.63, 3.8) is 0 Å². The topological polar surface area (TPSA) is 47.0 Å². The Bertz CT molecular complexity index is 523. The molecule has 1 saturated heterocycles. The molecule has 0 unspecified atom stereocenters. The maximum Gasteiger partial charge on any atom is 0.194 e. The molecule has 0 aliphatic carbocycles. The molecule has 2 heterocycles. The van der Waals surface area contributed by atoms with Crippen molar-refractivity contribution < 1.29 is 0 Å². The van der Waals surface area contributed by atoms with Gasteiger partial charge in [-0.05, 0) is 12.8 Å². The molecule has 0 radical (unpaired) electrons. The van der Waals surface area contributed by atoms with Crippen LogP contribution in [0.4, 0.5) is 5.13 Å². The smallest absolute Gasteiger partial charge is 0.194 e. The average Bonchev–Trinajstić information content (AvgIpc) is 3.01. The van der Waals surface area contributed by atoms with Gasteiger partial charge >= 0.3 is 0 Å². The van der Waals surface area contributed by atoms with E-state index in [0.717, 1.165) is 55.4 Å². The Labute approximate surface area is 173 Å². The Balaban J connectivity index is 0.00000312. The van der Waals surface area contributed by atoms with E-state index in [1.54, 1.807) is 11.3 Å². The average molecular weight is 480 g/mol. The van der Waals surface area contributed by atoms with Crippen LogP contribution in [-0.2, 0) is 6.54 Å². The fraction of sp³-hybridized carbons (Fsp3) is 0.765. The van der Waals surface area contributed by atoms with Crippen LogP contribution >= 0.6 is 35.3 Å². The predicted molar refractivity (Wildman–Crippen MR) is 120 cm³/mol. The van der Waals surface area contributed by atoms with Crippen LogP contribution in [-0.4, -0.2) is 74.1 Å². The molecule has 0 atom stereocenters. The zero-order chi connectivity index (χ0) is 17.5. The Morgan fingerprint density at radius 1 is 1.32 bits per heavy atom. The Hall–Kier alpha value is -0.610. The van der Waals surface area contributed by atoms with Crippen LogP contribution in [0.25, 0.3) is 0 Å². The molecule has 1 aliphatic rings. The molecule has 0 amide bonds. The number of thiazole rings is 1. The van der Waals surface area contributed by atoms with Gasteiger partial charge in [0, 0.05) is 58.7 Å². The van der Waals surface area contributed by atoms with Crippen LogP contribution in [0.3, 0.4) is 0 Å². The van der Waals surface area contributed by atoms with Gasteiger partial charge in [0.2, 0.25) is 0 Å². The molecule has 8 heteroatoms. The van der Waals surface area contributed by atoms with E-state index in [4.69, 9.17) is 4.99 Å². The molecule has 1 N–H and O–H groups in total. The van der Waals surface area contributed by atoms with E-state index in [1.165, 1.54) is 6.54 Å². The van der Waals surface area contributed by atoms with Gasteiger partial charge in [-0.15, -0.1) is 35.3 Å². The lowest BCUT2D eigenvalue weighted by molar-refractivity contribution is 0.164. The minimum absolute atomic E-state index is 0. The molecule has 144 valence electrons. The standard InChI is InChI=1S/C17H32N6S.HI/c1-6-18-16(19-11-15-13-24-17(20-15)21(4)5)23-9-7-22(8-10-23)12-14(2)3;/h13-14H,6-12H2,1-5H3,(H,18,19);1H. The molecule has 25 heavy (non-hydrogen) atoms. The number of aliphatic imine (C=N–C) groups is 1. The number of aromatic nitrogens is 1. The summed E-state index contributed by atoms with van der Waals surface area (Å²) >= 11 is 1.67. The minimum atomic E-state index is 0. The van der Waals surface area contributed by atoms with Crippen molar-refractivity contribution in [1.82, 2.24) is 20.1 Å². The summed E-state index contributed by atoms with van der Waals surface area (Å²) in [5.74, 6) is 1.75. The van der Waals surface area contributed by atoms with Crippen molar-refractivity contribution in [2.45, 2.75) is 27.3 Å². The molecule has 0 spiro atoms. The van der Waals surface area contributed by atoms with Crippen molar-refractivity contribution in [2.75, 3.05) is 58.3 Å². The van der Waals surface area contributed by atoms with Crippen LogP contribution in [0.1, 0.15) is 26.5 Å². The number of hydrogen-bond acceptors (Lipinski definition) is 5. The number of hydrogen-bond donors (Lipinski definition) is 1. The number of nitrogens with one attached hydrogen (secondary N) is 1. The van der Waals surface area contributed by atoms with Crippen LogP contribution in [0.15, 0.2) is 10.4 Å². The Morgan fingerprint density at radius 3 is 2.52 bits per heavy atom. The van der Waals surface area contributed by atoms with Gasteiger partial charge in [-0.2, -0.15) is 0 Å². The first-order valence-electron chi connectivity index (χ1n) is 8.87. The van der Waals surface area contributed by atoms with Gasteiger partial charge in [0.15, 0.2) is 11.1 Å². The predicted octanol–water partition coefficient (Wildman–Crippen LogP) is 2.57.